The molecule has 0 unspecified atom stereocenters. The molecule has 0 saturated heterocycles. The summed E-state index contributed by atoms with van der Waals surface area (Å²) in [5, 5.41) is 0. The number of hydrogen-bond donors (Lipinski definition) is 1. The summed E-state index contributed by atoms with van der Waals surface area (Å²) in [7, 11) is 0. The zero-order chi connectivity index (χ0) is 6.62. The van der Waals surface area contributed by atoms with E-state index in [1.807, 2.05) is 0 Å². The van der Waals surface area contributed by atoms with Crippen LogP contribution < -0.4 is 0 Å². The summed E-state index contributed by atoms with van der Waals surface area (Å²) < 4.78 is 0. The number of thiol groups is 1. The highest BCUT2D eigenvalue weighted by molar-refractivity contribution is 7.80. The van der Waals surface area contributed by atoms with Crippen LogP contribution in [0, 0.1) is 17.3 Å². The Morgan fingerprint density at radius 3 is 2.00 bits per heavy atom. The molecule has 0 aliphatic carbocycles. The molecular weight excluding hydrogens is 116 g/mol. The molecule has 0 rings (SSSR count). The summed E-state index contributed by atoms with van der Waals surface area (Å²) >= 11 is 3.96. The van der Waals surface area contributed by atoms with E-state index in [4.69, 9.17) is 0 Å². The van der Waals surface area contributed by atoms with E-state index in [1.54, 1.807) is 0 Å². The summed E-state index contributed by atoms with van der Waals surface area (Å²) in [5.74, 6) is 6.61. The zero-order valence-corrected chi connectivity index (χ0v) is 6.55. The summed E-state index contributed by atoms with van der Waals surface area (Å²) in [6.45, 7) is 6.26. The first-order chi connectivity index (χ1) is 3.56. The average molecular weight is 128 g/mol. The van der Waals surface area contributed by atoms with E-state index in [0.29, 0.717) is 5.75 Å². The Morgan fingerprint density at radius 2 is 1.88 bits per heavy atom. The van der Waals surface area contributed by atoms with Gasteiger partial charge in [0.1, 0.15) is 0 Å². The molecule has 8 heavy (non-hydrogen) atoms. The summed E-state index contributed by atoms with van der Waals surface area (Å²) in [5.41, 5.74) is 0.142. The minimum atomic E-state index is 0.142. The molecule has 0 nitrogen and oxygen atoms in total. The number of hydrogen-bond acceptors (Lipinski definition) is 1. The maximum Gasteiger partial charge on any atom is 0.0517 e. The van der Waals surface area contributed by atoms with Crippen LogP contribution in [0.2, 0.25) is 0 Å². The van der Waals surface area contributed by atoms with E-state index in [9.17, 15) is 0 Å². The highest BCUT2D eigenvalue weighted by Crippen LogP contribution is 2.09. The van der Waals surface area contributed by atoms with E-state index in [2.05, 4.69) is 45.2 Å². The fourth-order valence-corrected chi connectivity index (χ4v) is 0.384. The second kappa shape index (κ2) is 3.04. The van der Waals surface area contributed by atoms with Gasteiger partial charge in [0.05, 0.1) is 5.75 Å². The monoisotopic (exact) mass is 128 g/mol. The molecule has 0 aliphatic rings. The molecule has 0 radical (unpaired) electrons. The minimum Gasteiger partial charge on any atom is -0.166 e. The first-order valence-electron chi connectivity index (χ1n) is 2.67. The molecule has 0 saturated carbocycles. The smallest absolute Gasteiger partial charge is 0.0517 e. The van der Waals surface area contributed by atoms with Gasteiger partial charge in [-0.1, -0.05) is 11.8 Å². The largest absolute Gasteiger partial charge is 0.166 e. The van der Waals surface area contributed by atoms with Crippen LogP contribution in [0.3, 0.4) is 0 Å². The van der Waals surface area contributed by atoms with Crippen LogP contribution in [0.5, 0.6) is 0 Å². The van der Waals surface area contributed by atoms with Gasteiger partial charge in [-0.3, -0.25) is 0 Å². The van der Waals surface area contributed by atoms with Crippen LogP contribution in [-0.2, 0) is 0 Å². The van der Waals surface area contributed by atoms with Crippen LogP contribution in [0.4, 0.5) is 0 Å². The van der Waals surface area contributed by atoms with Crippen molar-refractivity contribution in [2.45, 2.75) is 20.8 Å². The molecule has 0 bridgehead atoms. The third kappa shape index (κ3) is 5.91. The molecule has 0 atom stereocenters. The lowest BCUT2D eigenvalue weighted by atomic mass is 9.98. The summed E-state index contributed by atoms with van der Waals surface area (Å²) in [6, 6.07) is 0. The van der Waals surface area contributed by atoms with Gasteiger partial charge in [0.15, 0.2) is 0 Å². The van der Waals surface area contributed by atoms with E-state index in [0.717, 1.165) is 0 Å². The standard InChI is InChI=1S/C7H12S/c1-7(2,3)5-4-6-8/h8H,6H2,1-3H3. The molecule has 0 aromatic carbocycles. The molecule has 0 N–H and O–H groups in total. The van der Waals surface area contributed by atoms with Gasteiger partial charge in [-0.2, -0.15) is 12.6 Å². The Hall–Kier alpha value is -0.0900. The Kier molecular flexibility index (Phi) is 3.01. The second-order valence-corrected chi connectivity index (χ2v) is 3.03. The van der Waals surface area contributed by atoms with Gasteiger partial charge in [-0.05, 0) is 20.8 Å². The maximum absolute atomic E-state index is 3.96. The molecule has 0 aliphatic heterocycles. The zero-order valence-electron chi connectivity index (χ0n) is 5.65. The Labute approximate surface area is 57.1 Å². The van der Waals surface area contributed by atoms with Crippen molar-refractivity contribution in [1.29, 1.82) is 0 Å². The lowest BCUT2D eigenvalue weighted by Crippen LogP contribution is -1.99. The molecule has 0 amide bonds. The van der Waals surface area contributed by atoms with E-state index in [-0.39, 0.29) is 5.41 Å². The summed E-state index contributed by atoms with van der Waals surface area (Å²) in [6.07, 6.45) is 0. The van der Waals surface area contributed by atoms with Gasteiger partial charge in [-0.25, -0.2) is 0 Å². The van der Waals surface area contributed by atoms with Crippen molar-refractivity contribution in [3.8, 4) is 11.8 Å². The predicted octanol–water partition coefficient (Wildman–Crippen LogP) is 1.97. The highest BCUT2D eigenvalue weighted by atomic mass is 32.1. The van der Waals surface area contributed by atoms with Crippen molar-refractivity contribution < 1.29 is 0 Å². The fraction of sp³-hybridized carbons (Fsp3) is 0.714. The normalized spacial score (nSPS) is 10.0. The lowest BCUT2D eigenvalue weighted by Gasteiger charge is -2.05. The molecule has 0 aromatic heterocycles. The maximum atomic E-state index is 3.96. The van der Waals surface area contributed by atoms with Gasteiger partial charge in [0.2, 0.25) is 0 Å². The van der Waals surface area contributed by atoms with Crippen LogP contribution in [0.25, 0.3) is 0 Å². The number of rotatable bonds is 0. The minimum absolute atomic E-state index is 0.142. The van der Waals surface area contributed by atoms with Gasteiger partial charge in [-0.15, -0.1) is 0 Å². The summed E-state index contributed by atoms with van der Waals surface area (Å²) in [4.78, 5) is 0. The first kappa shape index (κ1) is 7.91. The first-order valence-corrected chi connectivity index (χ1v) is 3.30. The quantitative estimate of drug-likeness (QED) is 0.374. The van der Waals surface area contributed by atoms with Crippen molar-refractivity contribution in [3.05, 3.63) is 0 Å². The third-order valence-electron chi connectivity index (χ3n) is 0.542. The van der Waals surface area contributed by atoms with Crippen molar-refractivity contribution in [2.75, 3.05) is 5.75 Å². The van der Waals surface area contributed by atoms with Gasteiger partial charge in [0.25, 0.3) is 0 Å². The molecular formula is C7H12S. The topological polar surface area (TPSA) is 0 Å². The third-order valence-corrected chi connectivity index (χ3v) is 0.701. The van der Waals surface area contributed by atoms with Crippen molar-refractivity contribution >= 4 is 12.6 Å². The Morgan fingerprint density at radius 1 is 1.38 bits per heavy atom. The predicted molar refractivity (Wildman–Crippen MR) is 41.1 cm³/mol. The van der Waals surface area contributed by atoms with Gasteiger partial charge in [0, 0.05) is 5.41 Å². The average Bonchev–Trinajstić information content (AvgIpc) is 1.59. The molecule has 0 aromatic rings. The molecule has 46 valence electrons. The van der Waals surface area contributed by atoms with Crippen molar-refractivity contribution in [1.82, 2.24) is 0 Å². The van der Waals surface area contributed by atoms with Crippen molar-refractivity contribution in [2.24, 2.45) is 5.41 Å². The van der Waals surface area contributed by atoms with E-state index in [1.165, 1.54) is 0 Å². The Bertz CT molecular complexity index is 109. The lowest BCUT2D eigenvalue weighted by molar-refractivity contribution is 0.571. The fourth-order valence-electron chi connectivity index (χ4n) is 0.305. The molecule has 1 heteroatoms. The van der Waals surface area contributed by atoms with Crippen LogP contribution in [0.1, 0.15) is 20.8 Å². The molecule has 0 fully saturated rings. The van der Waals surface area contributed by atoms with Gasteiger partial charge >= 0.3 is 0 Å². The van der Waals surface area contributed by atoms with Crippen LogP contribution in [0.15, 0.2) is 0 Å². The highest BCUT2D eigenvalue weighted by Gasteiger charge is 2.01. The second-order valence-electron chi connectivity index (χ2n) is 2.71. The molecule has 0 spiro atoms. The van der Waals surface area contributed by atoms with E-state index >= 15 is 0 Å². The SMILES string of the molecule is CC(C)(C)C#CCS. The van der Waals surface area contributed by atoms with Crippen molar-refractivity contribution in [3.63, 3.8) is 0 Å². The van der Waals surface area contributed by atoms with Crippen LogP contribution in [-0.4, -0.2) is 5.75 Å². The Balaban J connectivity index is 3.69. The van der Waals surface area contributed by atoms with Gasteiger partial charge < -0.3 is 0 Å². The molecule has 0 heterocycles. The van der Waals surface area contributed by atoms with E-state index < -0.39 is 0 Å². The van der Waals surface area contributed by atoms with Crippen LogP contribution >= 0.6 is 12.6 Å².